The first-order valence-corrected chi connectivity index (χ1v) is 10.1. The van der Waals surface area contributed by atoms with Crippen LogP contribution >= 0.6 is 21.6 Å². The van der Waals surface area contributed by atoms with E-state index < -0.39 is 0 Å². The number of carbonyl (C=O) groups is 1. The van der Waals surface area contributed by atoms with Crippen LogP contribution in [0.2, 0.25) is 0 Å². The number of hydrogen-bond acceptors (Lipinski definition) is 3. The largest absolute Gasteiger partial charge is 0.359 e. The van der Waals surface area contributed by atoms with E-state index in [4.69, 9.17) is 0 Å². The average Bonchev–Trinajstić information content (AvgIpc) is 2.52. The highest BCUT2D eigenvalue weighted by molar-refractivity contribution is 8.76. The normalized spacial score (nSPS) is 12.2. The molecule has 21 heavy (non-hydrogen) atoms. The van der Waals surface area contributed by atoms with Crippen LogP contribution in [-0.2, 0) is 23.4 Å². The van der Waals surface area contributed by atoms with Crippen LogP contribution in [0.15, 0.2) is 18.2 Å². The van der Waals surface area contributed by atoms with Gasteiger partial charge in [-0.15, -0.1) is 0 Å². The molecule has 2 nitrogen and oxygen atoms in total. The fourth-order valence-corrected chi connectivity index (χ4v) is 4.47. The van der Waals surface area contributed by atoms with Gasteiger partial charge in [-0.2, -0.15) is 0 Å². The number of nitrogens with one attached hydrogen (secondary N) is 1. The van der Waals surface area contributed by atoms with Crippen molar-refractivity contribution in [1.82, 2.24) is 5.32 Å². The van der Waals surface area contributed by atoms with Gasteiger partial charge in [-0.1, -0.05) is 60.6 Å². The predicted molar refractivity (Wildman–Crippen MR) is 96.8 cm³/mol. The number of rotatable bonds is 9. The summed E-state index contributed by atoms with van der Waals surface area (Å²) in [4.78, 5) is 11.2. The van der Waals surface area contributed by atoms with Gasteiger partial charge in [0.25, 0.3) is 0 Å². The van der Waals surface area contributed by atoms with E-state index in [1.54, 1.807) is 7.05 Å². The molecule has 1 atom stereocenters. The molecule has 1 aromatic carbocycles. The van der Waals surface area contributed by atoms with E-state index >= 15 is 0 Å². The summed E-state index contributed by atoms with van der Waals surface area (Å²) in [5, 5.41) is 3.18. The van der Waals surface area contributed by atoms with Crippen LogP contribution in [0.5, 0.6) is 0 Å². The van der Waals surface area contributed by atoms with Gasteiger partial charge in [-0.25, -0.2) is 0 Å². The van der Waals surface area contributed by atoms with Gasteiger partial charge >= 0.3 is 0 Å². The highest BCUT2D eigenvalue weighted by atomic mass is 33.1. The van der Waals surface area contributed by atoms with E-state index in [1.807, 2.05) is 21.6 Å². The molecule has 0 bridgehead atoms. The van der Waals surface area contributed by atoms with E-state index in [0.29, 0.717) is 11.7 Å². The summed E-state index contributed by atoms with van der Waals surface area (Å²) < 4.78 is 0. The Morgan fingerprint density at radius 3 is 2.24 bits per heavy atom. The maximum atomic E-state index is 11.2. The zero-order chi connectivity index (χ0) is 15.7. The van der Waals surface area contributed by atoms with Crippen molar-refractivity contribution in [1.29, 1.82) is 0 Å². The summed E-state index contributed by atoms with van der Waals surface area (Å²) in [7, 11) is 5.48. The zero-order valence-corrected chi connectivity index (χ0v) is 15.2. The summed E-state index contributed by atoms with van der Waals surface area (Å²) in [6.45, 7) is 6.61. The van der Waals surface area contributed by atoms with Crippen LogP contribution < -0.4 is 5.32 Å². The minimum absolute atomic E-state index is 0.135. The third-order valence-corrected chi connectivity index (χ3v) is 6.34. The Bertz CT molecular complexity index is 426. The van der Waals surface area contributed by atoms with Crippen LogP contribution in [-0.4, -0.2) is 18.2 Å². The number of carbonyl (C=O) groups excluding carboxylic acids is 1. The van der Waals surface area contributed by atoms with E-state index in [2.05, 4.69) is 44.3 Å². The van der Waals surface area contributed by atoms with Gasteiger partial charge in [0.05, 0.1) is 0 Å². The minimum atomic E-state index is 0.135. The molecule has 0 heterocycles. The molecule has 0 spiro atoms. The Labute approximate surface area is 137 Å². The van der Waals surface area contributed by atoms with Gasteiger partial charge < -0.3 is 5.32 Å². The highest BCUT2D eigenvalue weighted by Crippen LogP contribution is 2.32. The van der Waals surface area contributed by atoms with Gasteiger partial charge in [0.15, 0.2) is 0 Å². The molecule has 0 saturated carbocycles. The van der Waals surface area contributed by atoms with Gasteiger partial charge in [0.1, 0.15) is 0 Å². The highest BCUT2D eigenvalue weighted by Gasteiger charge is 2.07. The molecule has 0 aromatic heterocycles. The van der Waals surface area contributed by atoms with Crippen LogP contribution in [0.1, 0.15) is 50.3 Å². The fourth-order valence-electron chi connectivity index (χ4n) is 2.06. The van der Waals surface area contributed by atoms with Crippen molar-refractivity contribution in [3.05, 3.63) is 34.9 Å². The first kappa shape index (κ1) is 18.4. The topological polar surface area (TPSA) is 29.1 Å². The molecule has 0 aliphatic carbocycles. The molecule has 1 aromatic rings. The molecule has 1 unspecified atom stereocenters. The van der Waals surface area contributed by atoms with Crippen molar-refractivity contribution in [2.75, 3.05) is 7.05 Å². The Hall–Kier alpha value is -0.610. The monoisotopic (exact) mass is 325 g/mol. The third-order valence-electron chi connectivity index (χ3n) is 3.44. The van der Waals surface area contributed by atoms with Gasteiger partial charge in [-0.05, 0) is 36.0 Å². The van der Waals surface area contributed by atoms with Crippen LogP contribution in [0, 0.1) is 0 Å². The number of benzene rings is 1. The van der Waals surface area contributed by atoms with Crippen molar-refractivity contribution in [2.45, 2.75) is 57.5 Å². The van der Waals surface area contributed by atoms with Crippen molar-refractivity contribution >= 4 is 27.5 Å². The summed E-state index contributed by atoms with van der Waals surface area (Å²) >= 11 is 0. The van der Waals surface area contributed by atoms with Crippen molar-refractivity contribution < 1.29 is 4.79 Å². The SMILES string of the molecule is CCc1cc(CC)cc(CSSC(C)CCC(=O)NC)c1. The maximum Gasteiger partial charge on any atom is 0.219 e. The van der Waals surface area contributed by atoms with Crippen LogP contribution in [0.4, 0.5) is 0 Å². The first-order valence-electron chi connectivity index (χ1n) is 7.69. The Balaban J connectivity index is 2.39. The Kier molecular flexibility index (Phi) is 8.93. The molecule has 1 amide bonds. The van der Waals surface area contributed by atoms with E-state index in [9.17, 15) is 4.79 Å². The predicted octanol–water partition coefficient (Wildman–Crippen LogP) is 4.61. The summed E-state index contributed by atoms with van der Waals surface area (Å²) in [5.74, 6) is 1.17. The van der Waals surface area contributed by atoms with Crippen molar-refractivity contribution in [2.24, 2.45) is 0 Å². The number of hydrogen-bond donors (Lipinski definition) is 1. The van der Waals surface area contributed by atoms with Gasteiger partial charge in [0.2, 0.25) is 5.91 Å². The van der Waals surface area contributed by atoms with Crippen LogP contribution in [0.3, 0.4) is 0 Å². The summed E-state index contributed by atoms with van der Waals surface area (Å²) in [6, 6.07) is 6.96. The Morgan fingerprint density at radius 2 is 1.71 bits per heavy atom. The lowest BCUT2D eigenvalue weighted by atomic mass is 10.0. The minimum Gasteiger partial charge on any atom is -0.359 e. The zero-order valence-electron chi connectivity index (χ0n) is 13.6. The second-order valence-corrected chi connectivity index (χ2v) is 8.05. The van der Waals surface area contributed by atoms with Crippen molar-refractivity contribution in [3.63, 3.8) is 0 Å². The van der Waals surface area contributed by atoms with Crippen LogP contribution in [0.25, 0.3) is 0 Å². The number of amides is 1. The fraction of sp³-hybridized carbons (Fsp3) is 0.588. The second kappa shape index (κ2) is 10.2. The molecule has 4 heteroatoms. The molecule has 1 rings (SSSR count). The average molecular weight is 326 g/mol. The molecule has 0 aliphatic rings. The third kappa shape index (κ3) is 7.28. The van der Waals surface area contributed by atoms with Gasteiger partial charge in [-0.3, -0.25) is 4.79 Å². The lowest BCUT2D eigenvalue weighted by molar-refractivity contribution is -0.120. The second-order valence-electron chi connectivity index (χ2n) is 5.25. The summed E-state index contributed by atoms with van der Waals surface area (Å²) in [5.41, 5.74) is 4.28. The van der Waals surface area contributed by atoms with Crippen molar-refractivity contribution in [3.8, 4) is 0 Å². The smallest absolute Gasteiger partial charge is 0.219 e. The lowest BCUT2D eigenvalue weighted by Gasteiger charge is -2.11. The molecule has 0 aliphatic heterocycles. The molecular formula is C17H27NOS2. The van der Waals surface area contributed by atoms with Gasteiger partial charge in [0, 0.05) is 24.5 Å². The number of aryl methyl sites for hydroxylation is 2. The maximum absolute atomic E-state index is 11.2. The molecule has 0 saturated heterocycles. The van der Waals surface area contributed by atoms with E-state index in [1.165, 1.54) is 16.7 Å². The Morgan fingerprint density at radius 1 is 1.14 bits per heavy atom. The molecular weight excluding hydrogens is 298 g/mol. The summed E-state index contributed by atoms with van der Waals surface area (Å²) in [6.07, 6.45) is 3.76. The lowest BCUT2D eigenvalue weighted by Crippen LogP contribution is -2.18. The standard InChI is InChI=1S/C17H27NOS2/c1-5-14-9-15(6-2)11-16(10-14)12-20-21-13(3)7-8-17(19)18-4/h9-11,13H,5-8,12H2,1-4H3,(H,18,19). The van der Waals surface area contributed by atoms with E-state index in [-0.39, 0.29) is 5.91 Å². The molecule has 1 N–H and O–H groups in total. The quantitative estimate of drug-likeness (QED) is 0.672. The molecule has 0 fully saturated rings. The molecule has 118 valence electrons. The molecule has 0 radical (unpaired) electrons. The van der Waals surface area contributed by atoms with E-state index in [0.717, 1.165) is 25.0 Å². The first-order chi connectivity index (χ1) is 10.1.